The lowest BCUT2D eigenvalue weighted by molar-refractivity contribution is -0.133. The number of amides is 2. The smallest absolute Gasteiger partial charge is 0.244 e. The highest BCUT2D eigenvalue weighted by molar-refractivity contribution is 6.32. The number of carbonyl (C=O) groups excluding carboxylic acids is 2. The molecule has 2 aromatic rings. The van der Waals surface area contributed by atoms with Crippen LogP contribution in [0.5, 0.6) is 5.75 Å². The molecule has 5 nitrogen and oxygen atoms in total. The number of methoxy groups -OCH3 is 1. The van der Waals surface area contributed by atoms with Crippen molar-refractivity contribution in [3.63, 3.8) is 0 Å². The van der Waals surface area contributed by atoms with Crippen molar-refractivity contribution in [3.8, 4) is 5.75 Å². The van der Waals surface area contributed by atoms with Gasteiger partial charge in [-0.15, -0.1) is 0 Å². The van der Waals surface area contributed by atoms with Crippen molar-refractivity contribution in [1.82, 2.24) is 4.90 Å². The summed E-state index contributed by atoms with van der Waals surface area (Å²) in [6.45, 7) is 3.80. The van der Waals surface area contributed by atoms with E-state index in [1.807, 2.05) is 31.2 Å². The van der Waals surface area contributed by atoms with Gasteiger partial charge in [-0.05, 0) is 30.7 Å². The summed E-state index contributed by atoms with van der Waals surface area (Å²) < 4.78 is 5.08. The molecule has 132 valence electrons. The molecule has 0 radical (unpaired) electrons. The molecule has 0 unspecified atom stereocenters. The Kier molecular flexibility index (Phi) is 6.42. The zero-order valence-electron chi connectivity index (χ0n) is 14.5. The predicted octanol–water partition coefficient (Wildman–Crippen LogP) is 3.64. The zero-order valence-corrected chi connectivity index (χ0v) is 15.3. The fourth-order valence-corrected chi connectivity index (χ4v) is 2.57. The monoisotopic (exact) mass is 360 g/mol. The quantitative estimate of drug-likeness (QED) is 0.855. The van der Waals surface area contributed by atoms with E-state index in [-0.39, 0.29) is 18.4 Å². The molecule has 0 aliphatic heterocycles. The SMILES string of the molecule is COc1ccc(NC(=O)CN(Cc2ccc(C)cc2)C(C)=O)cc1Cl. The van der Waals surface area contributed by atoms with Crippen LogP contribution in [0.1, 0.15) is 18.1 Å². The maximum absolute atomic E-state index is 12.3. The van der Waals surface area contributed by atoms with E-state index in [2.05, 4.69) is 5.32 Å². The van der Waals surface area contributed by atoms with Crippen molar-refractivity contribution in [2.24, 2.45) is 0 Å². The number of hydrogen-bond donors (Lipinski definition) is 1. The maximum atomic E-state index is 12.3. The lowest BCUT2D eigenvalue weighted by Gasteiger charge is -2.21. The fraction of sp³-hybridized carbons (Fsp3) is 0.263. The van der Waals surface area contributed by atoms with Crippen molar-refractivity contribution >= 4 is 29.1 Å². The van der Waals surface area contributed by atoms with Crippen LogP contribution in [0.2, 0.25) is 5.02 Å². The molecule has 0 bridgehead atoms. The van der Waals surface area contributed by atoms with Crippen molar-refractivity contribution in [2.45, 2.75) is 20.4 Å². The third-order valence-corrected chi connectivity index (χ3v) is 4.00. The highest BCUT2D eigenvalue weighted by Crippen LogP contribution is 2.27. The van der Waals surface area contributed by atoms with Crippen molar-refractivity contribution in [2.75, 3.05) is 19.0 Å². The minimum absolute atomic E-state index is 0.0349. The molecule has 0 saturated heterocycles. The van der Waals surface area contributed by atoms with Crippen LogP contribution in [-0.4, -0.2) is 30.4 Å². The highest BCUT2D eigenvalue weighted by atomic mass is 35.5. The third kappa shape index (κ3) is 5.50. The maximum Gasteiger partial charge on any atom is 0.244 e. The highest BCUT2D eigenvalue weighted by Gasteiger charge is 2.15. The van der Waals surface area contributed by atoms with Crippen LogP contribution in [0.4, 0.5) is 5.69 Å². The first-order valence-corrected chi connectivity index (χ1v) is 8.21. The molecule has 6 heteroatoms. The number of hydrogen-bond acceptors (Lipinski definition) is 3. The van der Waals surface area contributed by atoms with E-state index in [0.29, 0.717) is 23.0 Å². The predicted molar refractivity (Wildman–Crippen MR) is 98.9 cm³/mol. The normalized spacial score (nSPS) is 10.2. The Balaban J connectivity index is 2.01. The van der Waals surface area contributed by atoms with Crippen LogP contribution in [0.15, 0.2) is 42.5 Å². The Hall–Kier alpha value is -2.53. The molecule has 0 aliphatic rings. The van der Waals surface area contributed by atoms with Gasteiger partial charge in [0.25, 0.3) is 0 Å². The van der Waals surface area contributed by atoms with Crippen LogP contribution in [-0.2, 0) is 16.1 Å². The summed E-state index contributed by atoms with van der Waals surface area (Å²) in [4.78, 5) is 25.6. The Bertz CT molecular complexity index is 760. The average Bonchev–Trinajstić information content (AvgIpc) is 2.56. The number of nitrogens with one attached hydrogen (secondary N) is 1. The van der Waals surface area contributed by atoms with Gasteiger partial charge in [-0.25, -0.2) is 0 Å². The van der Waals surface area contributed by atoms with Crippen LogP contribution < -0.4 is 10.1 Å². The summed E-state index contributed by atoms with van der Waals surface area (Å²) in [5.41, 5.74) is 2.67. The Morgan fingerprint density at radius 2 is 1.84 bits per heavy atom. The van der Waals surface area contributed by atoms with E-state index in [0.717, 1.165) is 11.1 Å². The van der Waals surface area contributed by atoms with E-state index >= 15 is 0 Å². The summed E-state index contributed by atoms with van der Waals surface area (Å²) in [7, 11) is 1.52. The molecular formula is C19H21ClN2O3. The minimum atomic E-state index is -0.288. The van der Waals surface area contributed by atoms with Crippen molar-refractivity contribution in [3.05, 3.63) is 58.6 Å². The molecule has 0 aliphatic carbocycles. The van der Waals surface area contributed by atoms with Crippen LogP contribution in [0.25, 0.3) is 0 Å². The molecule has 0 saturated carbocycles. The number of carbonyl (C=O) groups is 2. The van der Waals surface area contributed by atoms with Gasteiger partial charge in [-0.2, -0.15) is 0 Å². The number of aryl methyl sites for hydroxylation is 1. The number of ether oxygens (including phenoxy) is 1. The first-order chi connectivity index (χ1) is 11.9. The van der Waals surface area contributed by atoms with E-state index < -0.39 is 0 Å². The van der Waals surface area contributed by atoms with E-state index in [1.54, 1.807) is 18.2 Å². The summed E-state index contributed by atoms with van der Waals surface area (Å²) in [6.07, 6.45) is 0. The van der Waals surface area contributed by atoms with Crippen LogP contribution >= 0.6 is 11.6 Å². The molecule has 1 N–H and O–H groups in total. The Labute approximate surface area is 152 Å². The number of rotatable bonds is 6. The minimum Gasteiger partial charge on any atom is -0.495 e. The zero-order chi connectivity index (χ0) is 18.4. The Morgan fingerprint density at radius 3 is 2.40 bits per heavy atom. The molecule has 2 amide bonds. The topological polar surface area (TPSA) is 58.6 Å². The average molecular weight is 361 g/mol. The molecule has 0 fully saturated rings. The number of nitrogens with zero attached hydrogens (tertiary/aromatic N) is 1. The van der Waals surface area contributed by atoms with Gasteiger partial charge >= 0.3 is 0 Å². The van der Waals surface area contributed by atoms with Crippen molar-refractivity contribution < 1.29 is 14.3 Å². The first kappa shape index (κ1) is 18.8. The second-order valence-corrected chi connectivity index (χ2v) is 6.17. The van der Waals surface area contributed by atoms with Gasteiger partial charge in [0.05, 0.1) is 12.1 Å². The van der Waals surface area contributed by atoms with Gasteiger partial charge < -0.3 is 15.0 Å². The van der Waals surface area contributed by atoms with Gasteiger partial charge in [0.2, 0.25) is 11.8 Å². The fourth-order valence-electron chi connectivity index (χ4n) is 2.31. The third-order valence-electron chi connectivity index (χ3n) is 3.71. The lowest BCUT2D eigenvalue weighted by Crippen LogP contribution is -2.36. The van der Waals surface area contributed by atoms with Crippen LogP contribution in [0.3, 0.4) is 0 Å². The number of anilines is 1. The summed E-state index contributed by atoms with van der Waals surface area (Å²) in [5, 5.41) is 3.15. The molecule has 25 heavy (non-hydrogen) atoms. The largest absolute Gasteiger partial charge is 0.495 e. The standard InChI is InChI=1S/C19H21ClN2O3/c1-13-4-6-15(7-5-13)11-22(14(2)23)12-19(24)21-16-8-9-18(25-3)17(20)10-16/h4-10H,11-12H2,1-3H3,(H,21,24). The molecule has 0 heterocycles. The second kappa shape index (κ2) is 8.53. The van der Waals surface area contributed by atoms with Crippen LogP contribution in [0, 0.1) is 6.92 Å². The number of benzene rings is 2. The van der Waals surface area contributed by atoms with Gasteiger partial charge in [0.15, 0.2) is 0 Å². The summed E-state index contributed by atoms with van der Waals surface area (Å²) in [5.74, 6) is 0.0800. The summed E-state index contributed by atoms with van der Waals surface area (Å²) >= 11 is 6.05. The second-order valence-electron chi connectivity index (χ2n) is 5.76. The van der Waals surface area contributed by atoms with E-state index in [9.17, 15) is 9.59 Å². The van der Waals surface area contributed by atoms with Gasteiger partial charge in [0, 0.05) is 19.2 Å². The molecular weight excluding hydrogens is 340 g/mol. The Morgan fingerprint density at radius 1 is 1.16 bits per heavy atom. The summed E-state index contributed by atoms with van der Waals surface area (Å²) in [6, 6.07) is 12.8. The van der Waals surface area contributed by atoms with Crippen molar-refractivity contribution in [1.29, 1.82) is 0 Å². The first-order valence-electron chi connectivity index (χ1n) is 7.83. The van der Waals surface area contributed by atoms with Gasteiger partial charge in [-0.3, -0.25) is 9.59 Å². The molecule has 0 spiro atoms. The molecule has 0 aromatic heterocycles. The molecule has 0 atom stereocenters. The molecule has 2 rings (SSSR count). The van der Waals surface area contributed by atoms with Gasteiger partial charge in [-0.1, -0.05) is 41.4 Å². The van der Waals surface area contributed by atoms with E-state index in [1.165, 1.54) is 18.9 Å². The van der Waals surface area contributed by atoms with E-state index in [4.69, 9.17) is 16.3 Å². The lowest BCUT2D eigenvalue weighted by atomic mass is 10.1. The number of halogens is 1. The van der Waals surface area contributed by atoms with Gasteiger partial charge in [0.1, 0.15) is 12.3 Å². The molecule has 2 aromatic carbocycles.